The second-order valence-corrected chi connectivity index (χ2v) is 4.89. The number of ether oxygens (including phenoxy) is 1. The summed E-state index contributed by atoms with van der Waals surface area (Å²) in [6.45, 7) is 4.20. The molecule has 1 fully saturated rings. The minimum atomic E-state index is -0.115. The second kappa shape index (κ2) is 7.70. The van der Waals surface area contributed by atoms with E-state index in [-0.39, 0.29) is 12.1 Å². The van der Waals surface area contributed by atoms with Crippen LogP contribution in [0.1, 0.15) is 65.2 Å². The molecular formula is C14H25O2. The van der Waals surface area contributed by atoms with Gasteiger partial charge in [-0.25, -0.2) is 0 Å². The Morgan fingerprint density at radius 3 is 2.69 bits per heavy atom. The summed E-state index contributed by atoms with van der Waals surface area (Å²) in [7, 11) is 0. The van der Waals surface area contributed by atoms with Gasteiger partial charge in [-0.05, 0) is 32.1 Å². The molecule has 1 unspecified atom stereocenters. The van der Waals surface area contributed by atoms with Crippen LogP contribution in [0.4, 0.5) is 0 Å². The number of rotatable bonds is 7. The predicted octanol–water partition coefficient (Wildman–Crippen LogP) is 3.89. The predicted molar refractivity (Wildman–Crippen MR) is 66.0 cm³/mol. The number of unbranched alkanes of at least 4 members (excludes halogenated alkanes) is 3. The normalized spacial score (nSPS) is 18.6. The number of esters is 1. The Bertz CT molecular complexity index is 195. The van der Waals surface area contributed by atoms with Crippen molar-refractivity contribution in [2.24, 2.45) is 5.92 Å². The van der Waals surface area contributed by atoms with Crippen molar-refractivity contribution < 1.29 is 9.53 Å². The molecule has 0 amide bonds. The molecule has 1 aliphatic carbocycles. The Morgan fingerprint density at radius 2 is 2.06 bits per heavy atom. The quantitative estimate of drug-likeness (QED) is 0.485. The highest BCUT2D eigenvalue weighted by Crippen LogP contribution is 2.29. The van der Waals surface area contributed by atoms with Crippen molar-refractivity contribution >= 4 is 5.97 Å². The maximum atomic E-state index is 11.5. The first-order chi connectivity index (χ1) is 7.74. The lowest BCUT2D eigenvalue weighted by molar-refractivity contribution is -0.146. The van der Waals surface area contributed by atoms with Crippen molar-refractivity contribution in [3.05, 3.63) is 6.42 Å². The maximum Gasteiger partial charge on any atom is 0.310 e. The minimum absolute atomic E-state index is 0.109. The van der Waals surface area contributed by atoms with E-state index >= 15 is 0 Å². The monoisotopic (exact) mass is 225 g/mol. The Kier molecular flexibility index (Phi) is 6.51. The summed E-state index contributed by atoms with van der Waals surface area (Å²) in [5.74, 6) is 0.489. The van der Waals surface area contributed by atoms with Crippen LogP contribution in [0, 0.1) is 12.3 Å². The SMILES string of the molecule is CCCCC[CH]C(=O)OC(C)C1CCCC1. The van der Waals surface area contributed by atoms with E-state index in [1.165, 1.54) is 38.5 Å². The molecule has 2 heteroatoms. The fraction of sp³-hybridized carbons (Fsp3) is 0.857. The van der Waals surface area contributed by atoms with Crippen LogP contribution < -0.4 is 0 Å². The van der Waals surface area contributed by atoms with Gasteiger partial charge >= 0.3 is 5.97 Å². The average Bonchev–Trinajstić information content (AvgIpc) is 2.77. The highest BCUT2D eigenvalue weighted by atomic mass is 16.5. The molecule has 0 aliphatic heterocycles. The molecule has 0 heterocycles. The third-order valence-electron chi connectivity index (χ3n) is 3.48. The summed E-state index contributed by atoms with van der Waals surface area (Å²) in [4.78, 5) is 11.5. The Hall–Kier alpha value is -0.530. The molecular weight excluding hydrogens is 200 g/mol. The van der Waals surface area contributed by atoms with Crippen LogP contribution in [-0.4, -0.2) is 12.1 Å². The van der Waals surface area contributed by atoms with Crippen LogP contribution in [0.2, 0.25) is 0 Å². The summed E-state index contributed by atoms with van der Waals surface area (Å²) in [5.41, 5.74) is 0. The van der Waals surface area contributed by atoms with Gasteiger partial charge in [0, 0.05) is 0 Å². The first-order valence-electron chi connectivity index (χ1n) is 6.78. The van der Waals surface area contributed by atoms with E-state index < -0.39 is 0 Å². The standard InChI is InChI=1S/C14H25O2/c1-3-4-5-6-11-14(15)16-12(2)13-9-7-8-10-13/h11-13H,3-10H2,1-2H3. The zero-order valence-corrected chi connectivity index (χ0v) is 10.7. The zero-order valence-electron chi connectivity index (χ0n) is 10.7. The summed E-state index contributed by atoms with van der Waals surface area (Å²) < 4.78 is 5.42. The van der Waals surface area contributed by atoms with E-state index in [4.69, 9.17) is 4.74 Å². The molecule has 1 atom stereocenters. The molecule has 1 radical (unpaired) electrons. The molecule has 0 aromatic carbocycles. The molecule has 2 nitrogen and oxygen atoms in total. The molecule has 1 aliphatic rings. The highest BCUT2D eigenvalue weighted by molar-refractivity contribution is 5.78. The van der Waals surface area contributed by atoms with Gasteiger partial charge in [0.1, 0.15) is 6.10 Å². The summed E-state index contributed by atoms with van der Waals surface area (Å²) in [6.07, 6.45) is 11.2. The Balaban J connectivity index is 2.08. The lowest BCUT2D eigenvalue weighted by Gasteiger charge is -2.19. The van der Waals surface area contributed by atoms with Gasteiger partial charge in [0.25, 0.3) is 0 Å². The van der Waals surface area contributed by atoms with Crippen LogP contribution in [0.15, 0.2) is 0 Å². The second-order valence-electron chi connectivity index (χ2n) is 4.89. The fourth-order valence-corrected chi connectivity index (χ4v) is 2.37. The van der Waals surface area contributed by atoms with E-state index in [1.807, 2.05) is 6.92 Å². The fourth-order valence-electron chi connectivity index (χ4n) is 2.37. The van der Waals surface area contributed by atoms with Gasteiger partial charge in [-0.15, -0.1) is 0 Å². The molecule has 0 saturated heterocycles. The van der Waals surface area contributed by atoms with E-state index in [0.717, 1.165) is 12.8 Å². The number of hydrogen-bond acceptors (Lipinski definition) is 2. The number of hydrogen-bond donors (Lipinski definition) is 0. The van der Waals surface area contributed by atoms with Gasteiger partial charge in [-0.2, -0.15) is 0 Å². The van der Waals surface area contributed by atoms with E-state index in [1.54, 1.807) is 6.42 Å². The van der Waals surface area contributed by atoms with Crippen molar-refractivity contribution in [2.75, 3.05) is 0 Å². The molecule has 0 bridgehead atoms. The third-order valence-corrected chi connectivity index (χ3v) is 3.48. The first-order valence-corrected chi connectivity index (χ1v) is 6.78. The van der Waals surface area contributed by atoms with Gasteiger partial charge in [-0.1, -0.05) is 39.0 Å². The molecule has 0 spiro atoms. The van der Waals surface area contributed by atoms with Crippen LogP contribution in [-0.2, 0) is 9.53 Å². The van der Waals surface area contributed by atoms with Crippen molar-refractivity contribution in [1.82, 2.24) is 0 Å². The molecule has 1 rings (SSSR count). The smallest absolute Gasteiger partial charge is 0.310 e. The molecule has 1 saturated carbocycles. The van der Waals surface area contributed by atoms with Gasteiger partial charge in [0.05, 0.1) is 6.42 Å². The molecule has 0 N–H and O–H groups in total. The number of carbonyl (C=O) groups is 1. The van der Waals surface area contributed by atoms with Crippen molar-refractivity contribution in [2.45, 2.75) is 71.3 Å². The van der Waals surface area contributed by atoms with Gasteiger partial charge in [0.2, 0.25) is 0 Å². The van der Waals surface area contributed by atoms with Gasteiger partial charge in [-0.3, -0.25) is 4.79 Å². The zero-order chi connectivity index (χ0) is 11.8. The maximum absolute atomic E-state index is 11.5. The molecule has 0 aromatic heterocycles. The highest BCUT2D eigenvalue weighted by Gasteiger charge is 2.24. The summed E-state index contributed by atoms with van der Waals surface area (Å²) >= 11 is 0. The first kappa shape index (κ1) is 13.5. The Labute approximate surface area is 99.8 Å². The van der Waals surface area contributed by atoms with Crippen molar-refractivity contribution in [3.8, 4) is 0 Å². The van der Waals surface area contributed by atoms with Crippen LogP contribution in [0.5, 0.6) is 0 Å². The third kappa shape index (κ3) is 5.00. The van der Waals surface area contributed by atoms with Crippen molar-refractivity contribution in [3.63, 3.8) is 0 Å². The molecule has 93 valence electrons. The average molecular weight is 225 g/mol. The summed E-state index contributed by atoms with van der Waals surface area (Å²) in [6, 6.07) is 0. The minimum Gasteiger partial charge on any atom is -0.462 e. The lowest BCUT2D eigenvalue weighted by atomic mass is 10.0. The van der Waals surface area contributed by atoms with Crippen LogP contribution in [0.25, 0.3) is 0 Å². The number of carbonyl (C=O) groups excluding carboxylic acids is 1. The van der Waals surface area contributed by atoms with E-state index in [2.05, 4.69) is 6.92 Å². The summed E-state index contributed by atoms with van der Waals surface area (Å²) in [5, 5.41) is 0. The van der Waals surface area contributed by atoms with Gasteiger partial charge in [0.15, 0.2) is 0 Å². The molecule has 16 heavy (non-hydrogen) atoms. The van der Waals surface area contributed by atoms with Crippen LogP contribution in [0.3, 0.4) is 0 Å². The van der Waals surface area contributed by atoms with E-state index in [9.17, 15) is 4.79 Å². The van der Waals surface area contributed by atoms with Gasteiger partial charge < -0.3 is 4.74 Å². The largest absolute Gasteiger partial charge is 0.462 e. The lowest BCUT2D eigenvalue weighted by Crippen LogP contribution is -2.22. The van der Waals surface area contributed by atoms with E-state index in [0.29, 0.717) is 5.92 Å². The molecule has 0 aromatic rings. The van der Waals surface area contributed by atoms with Crippen LogP contribution >= 0.6 is 0 Å². The van der Waals surface area contributed by atoms with Crippen molar-refractivity contribution in [1.29, 1.82) is 0 Å². The Morgan fingerprint density at radius 1 is 1.38 bits per heavy atom. The topological polar surface area (TPSA) is 26.3 Å².